The predicted octanol–water partition coefficient (Wildman–Crippen LogP) is 10.2. The SMILES string of the molecule is CCCCCCCCCCCCCCCCOC(=O)C(C)(CCC)CCCCCCC. The molecule has 0 bridgehead atoms. The van der Waals surface area contributed by atoms with Crippen molar-refractivity contribution >= 4 is 5.97 Å². The van der Waals surface area contributed by atoms with E-state index in [4.69, 9.17) is 4.74 Å². The first-order chi connectivity index (χ1) is 15.1. The van der Waals surface area contributed by atoms with E-state index in [1.54, 1.807) is 0 Å². The van der Waals surface area contributed by atoms with Gasteiger partial charge in [0.1, 0.15) is 0 Å². The molecule has 0 heterocycles. The van der Waals surface area contributed by atoms with Crippen LogP contribution in [0.25, 0.3) is 0 Å². The molecular formula is C29H58O2. The van der Waals surface area contributed by atoms with Gasteiger partial charge in [-0.1, -0.05) is 143 Å². The van der Waals surface area contributed by atoms with Crippen molar-refractivity contribution in [1.29, 1.82) is 0 Å². The summed E-state index contributed by atoms with van der Waals surface area (Å²) in [6, 6.07) is 0. The van der Waals surface area contributed by atoms with Crippen molar-refractivity contribution in [2.75, 3.05) is 6.61 Å². The van der Waals surface area contributed by atoms with Gasteiger partial charge in [-0.25, -0.2) is 0 Å². The summed E-state index contributed by atoms with van der Waals surface area (Å²) in [6.45, 7) is 9.45. The number of carbonyl (C=O) groups excluding carboxylic acids is 1. The van der Waals surface area contributed by atoms with Gasteiger partial charge in [-0.05, 0) is 26.2 Å². The molecule has 0 fully saturated rings. The molecule has 0 aliphatic carbocycles. The van der Waals surface area contributed by atoms with E-state index >= 15 is 0 Å². The van der Waals surface area contributed by atoms with Gasteiger partial charge in [-0.2, -0.15) is 0 Å². The van der Waals surface area contributed by atoms with E-state index in [2.05, 4.69) is 27.7 Å². The van der Waals surface area contributed by atoms with Crippen molar-refractivity contribution in [2.45, 2.75) is 169 Å². The molecule has 0 aliphatic rings. The highest BCUT2D eigenvalue weighted by atomic mass is 16.5. The third-order valence-corrected chi connectivity index (χ3v) is 6.86. The summed E-state index contributed by atoms with van der Waals surface area (Å²) in [7, 11) is 0. The molecule has 0 saturated heterocycles. The molecule has 0 aromatic carbocycles. The molecule has 186 valence electrons. The number of unbranched alkanes of at least 4 members (excludes halogenated alkanes) is 17. The van der Waals surface area contributed by atoms with E-state index in [0.717, 1.165) is 32.1 Å². The van der Waals surface area contributed by atoms with Gasteiger partial charge < -0.3 is 4.74 Å². The second kappa shape index (κ2) is 22.7. The van der Waals surface area contributed by atoms with Crippen LogP contribution in [0.4, 0.5) is 0 Å². The fraction of sp³-hybridized carbons (Fsp3) is 0.966. The lowest BCUT2D eigenvalue weighted by Crippen LogP contribution is -2.30. The Hall–Kier alpha value is -0.530. The second-order valence-corrected chi connectivity index (χ2v) is 10.2. The smallest absolute Gasteiger partial charge is 0.311 e. The van der Waals surface area contributed by atoms with Crippen molar-refractivity contribution < 1.29 is 9.53 Å². The van der Waals surface area contributed by atoms with Gasteiger partial charge in [0, 0.05) is 0 Å². The number of hydrogen-bond acceptors (Lipinski definition) is 2. The molecule has 0 aromatic rings. The highest BCUT2D eigenvalue weighted by Crippen LogP contribution is 2.32. The van der Waals surface area contributed by atoms with Gasteiger partial charge in [-0.15, -0.1) is 0 Å². The Morgan fingerprint density at radius 2 is 0.903 bits per heavy atom. The maximum Gasteiger partial charge on any atom is 0.311 e. The fourth-order valence-corrected chi connectivity index (χ4v) is 4.64. The van der Waals surface area contributed by atoms with Crippen LogP contribution in [0.3, 0.4) is 0 Å². The Morgan fingerprint density at radius 3 is 1.32 bits per heavy atom. The first kappa shape index (κ1) is 30.5. The van der Waals surface area contributed by atoms with Gasteiger partial charge >= 0.3 is 5.97 Å². The van der Waals surface area contributed by atoms with Crippen LogP contribution in [-0.2, 0) is 9.53 Å². The third kappa shape index (κ3) is 18.7. The summed E-state index contributed by atoms with van der Waals surface area (Å²) in [4.78, 5) is 12.7. The summed E-state index contributed by atoms with van der Waals surface area (Å²) in [5.41, 5.74) is -0.267. The monoisotopic (exact) mass is 438 g/mol. The van der Waals surface area contributed by atoms with Gasteiger partial charge in [0.05, 0.1) is 12.0 Å². The number of carbonyl (C=O) groups is 1. The highest BCUT2D eigenvalue weighted by Gasteiger charge is 2.33. The molecule has 0 spiro atoms. The lowest BCUT2D eigenvalue weighted by atomic mass is 9.80. The standard InChI is InChI=1S/C29H58O2/c1-5-8-10-12-13-14-15-16-17-18-19-20-22-24-27-31-28(30)29(4,25-7-3)26-23-21-11-9-6-2/h5-27H2,1-4H3. The van der Waals surface area contributed by atoms with Crippen molar-refractivity contribution in [3.8, 4) is 0 Å². The minimum atomic E-state index is -0.267. The van der Waals surface area contributed by atoms with Gasteiger partial charge in [-0.3, -0.25) is 4.79 Å². The van der Waals surface area contributed by atoms with Crippen LogP contribution in [-0.4, -0.2) is 12.6 Å². The molecule has 2 nitrogen and oxygen atoms in total. The van der Waals surface area contributed by atoms with Gasteiger partial charge in [0.2, 0.25) is 0 Å². The molecule has 0 aromatic heterocycles. The van der Waals surface area contributed by atoms with E-state index < -0.39 is 0 Å². The minimum absolute atomic E-state index is 0.0551. The summed E-state index contributed by atoms with van der Waals surface area (Å²) < 4.78 is 5.71. The van der Waals surface area contributed by atoms with E-state index in [1.165, 1.54) is 109 Å². The predicted molar refractivity (Wildman–Crippen MR) is 138 cm³/mol. The van der Waals surface area contributed by atoms with Crippen molar-refractivity contribution in [1.82, 2.24) is 0 Å². The zero-order chi connectivity index (χ0) is 23.0. The Kier molecular flexibility index (Phi) is 22.3. The number of esters is 1. The molecule has 1 atom stereocenters. The Bertz CT molecular complexity index is 379. The third-order valence-electron chi connectivity index (χ3n) is 6.86. The zero-order valence-electron chi connectivity index (χ0n) is 22.1. The van der Waals surface area contributed by atoms with Crippen LogP contribution >= 0.6 is 0 Å². The first-order valence-corrected chi connectivity index (χ1v) is 14.3. The van der Waals surface area contributed by atoms with Crippen LogP contribution in [0.15, 0.2) is 0 Å². The normalized spacial score (nSPS) is 13.3. The molecule has 0 saturated carbocycles. The van der Waals surface area contributed by atoms with Crippen molar-refractivity contribution in [2.24, 2.45) is 5.41 Å². The molecule has 0 rings (SSSR count). The summed E-state index contributed by atoms with van der Waals surface area (Å²) in [6.07, 6.45) is 28.3. The lowest BCUT2D eigenvalue weighted by molar-refractivity contribution is -0.156. The summed E-state index contributed by atoms with van der Waals surface area (Å²) >= 11 is 0. The largest absolute Gasteiger partial charge is 0.465 e. The molecule has 1 unspecified atom stereocenters. The Balaban J connectivity index is 3.62. The van der Waals surface area contributed by atoms with E-state index in [0.29, 0.717) is 6.61 Å². The maximum atomic E-state index is 12.7. The van der Waals surface area contributed by atoms with Gasteiger partial charge in [0.25, 0.3) is 0 Å². The molecule has 2 heteroatoms. The minimum Gasteiger partial charge on any atom is -0.465 e. The van der Waals surface area contributed by atoms with Crippen LogP contribution in [0.2, 0.25) is 0 Å². The molecule has 31 heavy (non-hydrogen) atoms. The summed E-state index contributed by atoms with van der Waals surface area (Å²) in [5.74, 6) is 0.0551. The second-order valence-electron chi connectivity index (χ2n) is 10.2. The van der Waals surface area contributed by atoms with Crippen LogP contribution < -0.4 is 0 Å². The van der Waals surface area contributed by atoms with Crippen molar-refractivity contribution in [3.05, 3.63) is 0 Å². The van der Waals surface area contributed by atoms with Crippen LogP contribution in [0, 0.1) is 5.41 Å². The van der Waals surface area contributed by atoms with E-state index in [9.17, 15) is 4.79 Å². The quantitative estimate of drug-likeness (QED) is 0.111. The molecule has 0 aliphatic heterocycles. The van der Waals surface area contributed by atoms with Crippen LogP contribution in [0.1, 0.15) is 169 Å². The van der Waals surface area contributed by atoms with Gasteiger partial charge in [0.15, 0.2) is 0 Å². The zero-order valence-corrected chi connectivity index (χ0v) is 22.1. The molecular weight excluding hydrogens is 380 g/mol. The van der Waals surface area contributed by atoms with Crippen LogP contribution in [0.5, 0.6) is 0 Å². The van der Waals surface area contributed by atoms with E-state index in [1.807, 2.05) is 0 Å². The number of ether oxygens (including phenoxy) is 1. The first-order valence-electron chi connectivity index (χ1n) is 14.3. The molecule has 0 N–H and O–H groups in total. The number of rotatable bonds is 24. The van der Waals surface area contributed by atoms with Crippen molar-refractivity contribution in [3.63, 3.8) is 0 Å². The maximum absolute atomic E-state index is 12.7. The molecule has 0 amide bonds. The lowest BCUT2D eigenvalue weighted by Gasteiger charge is -2.27. The molecule has 0 radical (unpaired) electrons. The summed E-state index contributed by atoms with van der Waals surface area (Å²) in [5, 5.41) is 0. The fourth-order valence-electron chi connectivity index (χ4n) is 4.64. The highest BCUT2D eigenvalue weighted by molar-refractivity contribution is 5.76. The average Bonchev–Trinajstić information content (AvgIpc) is 2.76. The average molecular weight is 439 g/mol. The topological polar surface area (TPSA) is 26.3 Å². The number of hydrogen-bond donors (Lipinski definition) is 0. The van der Waals surface area contributed by atoms with E-state index in [-0.39, 0.29) is 11.4 Å². The Morgan fingerprint density at radius 1 is 0.516 bits per heavy atom. The Labute approximate surface area is 196 Å².